The number of pyridine rings is 1. The average molecular weight is 341 g/mol. The van der Waals surface area contributed by atoms with E-state index in [-0.39, 0.29) is 17.6 Å². The minimum atomic E-state index is -0.650. The lowest BCUT2D eigenvalue weighted by Gasteiger charge is -2.12. The molecule has 3 aromatic rings. The van der Waals surface area contributed by atoms with E-state index in [0.29, 0.717) is 10.8 Å². The van der Waals surface area contributed by atoms with Crippen LogP contribution in [0.25, 0.3) is 16.7 Å². The number of rotatable bonds is 4. The second-order valence-corrected chi connectivity index (χ2v) is 5.67. The molecule has 0 atom stereocenters. The summed E-state index contributed by atoms with van der Waals surface area (Å²) < 4.78 is 6.71. The molecule has 0 saturated carbocycles. The van der Waals surface area contributed by atoms with Crippen LogP contribution >= 0.6 is 11.8 Å². The molecule has 0 N–H and O–H groups in total. The van der Waals surface area contributed by atoms with Gasteiger partial charge in [0, 0.05) is 18.1 Å². The van der Waals surface area contributed by atoms with Crippen molar-refractivity contribution in [3.63, 3.8) is 0 Å². The summed E-state index contributed by atoms with van der Waals surface area (Å²) in [6.45, 7) is 1.89. The number of fused-ring (bicyclic) bond motifs is 1. The van der Waals surface area contributed by atoms with E-state index in [1.54, 1.807) is 11.5 Å². The SMILES string of the molecule is CCOC(=O)c1cn(-c2ccccc2)c2nc(SC)ncc2c1=O. The number of esters is 1. The van der Waals surface area contributed by atoms with Crippen LogP contribution in [0.2, 0.25) is 0 Å². The molecule has 0 aliphatic heterocycles. The Balaban J connectivity index is 2.36. The number of nitrogens with zero attached hydrogens (tertiary/aromatic N) is 3. The minimum absolute atomic E-state index is 0.0336. The van der Waals surface area contributed by atoms with Gasteiger partial charge in [-0.3, -0.25) is 4.79 Å². The number of carbonyl (C=O) groups excluding carboxylic acids is 1. The Morgan fingerprint density at radius 3 is 2.71 bits per heavy atom. The lowest BCUT2D eigenvalue weighted by molar-refractivity contribution is 0.0524. The zero-order chi connectivity index (χ0) is 17.1. The maximum Gasteiger partial charge on any atom is 0.343 e. The van der Waals surface area contributed by atoms with Crippen LogP contribution in [0.3, 0.4) is 0 Å². The van der Waals surface area contributed by atoms with Crippen molar-refractivity contribution in [2.24, 2.45) is 0 Å². The molecule has 0 aliphatic carbocycles. The zero-order valence-electron chi connectivity index (χ0n) is 13.2. The van der Waals surface area contributed by atoms with Gasteiger partial charge in [0.15, 0.2) is 10.8 Å². The van der Waals surface area contributed by atoms with Crippen molar-refractivity contribution in [3.05, 3.63) is 58.5 Å². The van der Waals surface area contributed by atoms with Crippen LogP contribution in [-0.4, -0.2) is 33.4 Å². The summed E-state index contributed by atoms with van der Waals surface area (Å²) in [4.78, 5) is 33.4. The maximum atomic E-state index is 12.6. The van der Waals surface area contributed by atoms with Gasteiger partial charge in [-0.1, -0.05) is 30.0 Å². The predicted molar refractivity (Wildman–Crippen MR) is 92.9 cm³/mol. The second kappa shape index (κ2) is 6.84. The quantitative estimate of drug-likeness (QED) is 0.413. The molecule has 7 heteroatoms. The molecule has 0 unspecified atom stereocenters. The van der Waals surface area contributed by atoms with Gasteiger partial charge in [0.05, 0.1) is 12.0 Å². The number of ether oxygens (including phenoxy) is 1. The van der Waals surface area contributed by atoms with Crippen molar-refractivity contribution in [2.45, 2.75) is 12.1 Å². The van der Waals surface area contributed by atoms with Crippen LogP contribution in [0.15, 0.2) is 52.7 Å². The van der Waals surface area contributed by atoms with E-state index in [4.69, 9.17) is 4.74 Å². The molecule has 0 aliphatic rings. The first kappa shape index (κ1) is 16.2. The Kier molecular flexibility index (Phi) is 4.61. The summed E-state index contributed by atoms with van der Waals surface area (Å²) >= 11 is 1.38. The first-order valence-electron chi connectivity index (χ1n) is 7.34. The maximum absolute atomic E-state index is 12.6. The number of para-hydroxylation sites is 1. The van der Waals surface area contributed by atoms with E-state index < -0.39 is 11.4 Å². The largest absolute Gasteiger partial charge is 0.462 e. The Bertz CT molecular complexity index is 954. The topological polar surface area (TPSA) is 74.1 Å². The van der Waals surface area contributed by atoms with E-state index in [2.05, 4.69) is 9.97 Å². The number of carbonyl (C=O) groups is 1. The molecule has 122 valence electrons. The summed E-state index contributed by atoms with van der Waals surface area (Å²) in [7, 11) is 0. The summed E-state index contributed by atoms with van der Waals surface area (Å²) in [5.41, 5.74) is 0.786. The monoisotopic (exact) mass is 341 g/mol. The molecule has 3 rings (SSSR count). The van der Waals surface area contributed by atoms with Crippen molar-refractivity contribution in [2.75, 3.05) is 12.9 Å². The van der Waals surface area contributed by atoms with Crippen LogP contribution in [-0.2, 0) is 4.74 Å². The standard InChI is InChI=1S/C17H15N3O3S/c1-3-23-16(22)13-10-20(11-7-5-4-6-8-11)15-12(14(13)21)9-18-17(19-15)24-2/h4-10H,3H2,1-2H3. The van der Waals surface area contributed by atoms with Gasteiger partial charge in [-0.25, -0.2) is 14.8 Å². The summed E-state index contributed by atoms with van der Waals surface area (Å²) in [6, 6.07) is 9.39. The molecule has 0 fully saturated rings. The highest BCUT2D eigenvalue weighted by Crippen LogP contribution is 2.18. The number of thioether (sulfide) groups is 1. The number of aromatic nitrogens is 3. The van der Waals surface area contributed by atoms with Crippen LogP contribution in [0.5, 0.6) is 0 Å². The van der Waals surface area contributed by atoms with Gasteiger partial charge in [-0.15, -0.1) is 0 Å². The highest BCUT2D eigenvalue weighted by Gasteiger charge is 2.18. The number of hydrogen-bond donors (Lipinski definition) is 0. The fraction of sp³-hybridized carbons (Fsp3) is 0.176. The fourth-order valence-electron chi connectivity index (χ4n) is 2.33. The van der Waals surface area contributed by atoms with Gasteiger partial charge in [-0.2, -0.15) is 0 Å². The second-order valence-electron chi connectivity index (χ2n) is 4.89. The first-order chi connectivity index (χ1) is 11.7. The van der Waals surface area contributed by atoms with Gasteiger partial charge < -0.3 is 9.30 Å². The Labute approximate surface area is 142 Å². The van der Waals surface area contributed by atoms with Gasteiger partial charge in [0.2, 0.25) is 5.43 Å². The molecule has 1 aromatic carbocycles. The molecule has 6 nitrogen and oxygen atoms in total. The van der Waals surface area contributed by atoms with Crippen LogP contribution < -0.4 is 5.43 Å². The van der Waals surface area contributed by atoms with E-state index in [1.165, 1.54) is 24.2 Å². The van der Waals surface area contributed by atoms with Crippen molar-refractivity contribution >= 4 is 28.8 Å². The Morgan fingerprint density at radius 2 is 2.04 bits per heavy atom. The third-order valence-electron chi connectivity index (χ3n) is 3.43. The van der Waals surface area contributed by atoms with Crippen LogP contribution in [0.1, 0.15) is 17.3 Å². The lowest BCUT2D eigenvalue weighted by atomic mass is 10.2. The van der Waals surface area contributed by atoms with Crippen LogP contribution in [0.4, 0.5) is 0 Å². The normalized spacial score (nSPS) is 10.8. The van der Waals surface area contributed by atoms with Crippen molar-refractivity contribution < 1.29 is 9.53 Å². The smallest absolute Gasteiger partial charge is 0.343 e. The number of benzene rings is 1. The molecule has 0 spiro atoms. The zero-order valence-corrected chi connectivity index (χ0v) is 14.0. The van der Waals surface area contributed by atoms with Gasteiger partial charge in [0.25, 0.3) is 0 Å². The van der Waals surface area contributed by atoms with E-state index in [1.807, 2.05) is 36.6 Å². The number of hydrogen-bond acceptors (Lipinski definition) is 6. The van der Waals surface area contributed by atoms with E-state index in [9.17, 15) is 9.59 Å². The van der Waals surface area contributed by atoms with Gasteiger partial charge in [0.1, 0.15) is 5.56 Å². The highest BCUT2D eigenvalue weighted by molar-refractivity contribution is 7.98. The summed E-state index contributed by atoms with van der Waals surface area (Å²) in [5.74, 6) is -0.650. The third-order valence-corrected chi connectivity index (χ3v) is 4.00. The molecule has 0 saturated heterocycles. The van der Waals surface area contributed by atoms with Crippen molar-refractivity contribution in [3.8, 4) is 5.69 Å². The highest BCUT2D eigenvalue weighted by atomic mass is 32.2. The molecule has 2 aromatic heterocycles. The predicted octanol–water partition coefficient (Wildman–Crippen LogP) is 2.68. The van der Waals surface area contributed by atoms with Crippen molar-refractivity contribution in [1.29, 1.82) is 0 Å². The average Bonchev–Trinajstić information content (AvgIpc) is 2.62. The molecular formula is C17H15N3O3S. The van der Waals surface area contributed by atoms with Crippen LogP contribution in [0, 0.1) is 0 Å². The first-order valence-corrected chi connectivity index (χ1v) is 8.57. The molecule has 2 heterocycles. The van der Waals surface area contributed by atoms with Gasteiger partial charge >= 0.3 is 5.97 Å². The third kappa shape index (κ3) is 2.90. The van der Waals surface area contributed by atoms with E-state index >= 15 is 0 Å². The lowest BCUT2D eigenvalue weighted by Crippen LogP contribution is -2.21. The Morgan fingerprint density at radius 1 is 1.29 bits per heavy atom. The summed E-state index contributed by atoms with van der Waals surface area (Å²) in [6.07, 6.45) is 4.80. The molecular weight excluding hydrogens is 326 g/mol. The fourth-order valence-corrected chi connectivity index (χ4v) is 2.67. The molecule has 24 heavy (non-hydrogen) atoms. The molecule has 0 bridgehead atoms. The molecule has 0 radical (unpaired) electrons. The van der Waals surface area contributed by atoms with Crippen molar-refractivity contribution in [1.82, 2.24) is 14.5 Å². The Hall–Kier alpha value is -2.67. The summed E-state index contributed by atoms with van der Waals surface area (Å²) in [5, 5.41) is 0.831. The molecule has 0 amide bonds. The van der Waals surface area contributed by atoms with E-state index in [0.717, 1.165) is 5.69 Å². The van der Waals surface area contributed by atoms with Gasteiger partial charge in [-0.05, 0) is 25.3 Å². The minimum Gasteiger partial charge on any atom is -0.462 e.